The molecule has 25 heavy (non-hydrogen) atoms. The quantitative estimate of drug-likeness (QED) is 0.558. The van der Waals surface area contributed by atoms with Gasteiger partial charge in [0, 0.05) is 36.6 Å². The number of hydrogen-bond acceptors (Lipinski definition) is 3. The lowest BCUT2D eigenvalue weighted by Gasteiger charge is -2.19. The van der Waals surface area contributed by atoms with Gasteiger partial charge in [0.1, 0.15) is 5.75 Å². The van der Waals surface area contributed by atoms with Gasteiger partial charge in [-0.05, 0) is 37.5 Å². The Morgan fingerprint density at radius 2 is 1.84 bits per heavy atom. The van der Waals surface area contributed by atoms with Crippen molar-refractivity contribution in [3.63, 3.8) is 0 Å². The molecule has 0 bridgehead atoms. The number of rotatable bonds is 6. The Bertz CT molecular complexity index is 719. The van der Waals surface area contributed by atoms with Gasteiger partial charge in [-0.3, -0.25) is 4.99 Å². The van der Waals surface area contributed by atoms with Crippen molar-refractivity contribution < 1.29 is 13.3 Å². The van der Waals surface area contributed by atoms with Crippen LogP contribution in [0.4, 0.5) is 14.3 Å². The first-order chi connectivity index (χ1) is 12.1. The Hall–Kier alpha value is -2.37. The van der Waals surface area contributed by atoms with E-state index in [2.05, 4.69) is 9.89 Å². The largest absolute Gasteiger partial charge is 0.796 e. The highest BCUT2D eigenvalue weighted by Crippen LogP contribution is 2.28. The second kappa shape index (κ2) is 8.14. The maximum Gasteiger partial charge on any atom is 0.796 e. The molecule has 0 radical (unpaired) electrons. The molecule has 0 spiro atoms. The molecule has 3 rings (SSSR count). The summed E-state index contributed by atoms with van der Waals surface area (Å²) in [5.74, 6) is 0.170. The molecule has 0 N–H and O–H groups in total. The van der Waals surface area contributed by atoms with Gasteiger partial charge in [0.15, 0.2) is 0 Å². The summed E-state index contributed by atoms with van der Waals surface area (Å²) < 4.78 is 30.3. The van der Waals surface area contributed by atoms with Crippen molar-refractivity contribution in [2.24, 2.45) is 4.99 Å². The highest BCUT2D eigenvalue weighted by Gasteiger charge is 2.21. The first-order valence-corrected chi connectivity index (χ1v) is 8.55. The maximum absolute atomic E-state index is 12.8. The first-order valence-electron chi connectivity index (χ1n) is 8.55. The van der Waals surface area contributed by atoms with Crippen molar-refractivity contribution in [2.75, 3.05) is 18.0 Å². The number of halogens is 2. The van der Waals surface area contributed by atoms with E-state index < -0.39 is 7.47 Å². The minimum atomic E-state index is -2.85. The molecule has 0 aliphatic carbocycles. The van der Waals surface area contributed by atoms with Crippen molar-refractivity contribution in [1.82, 2.24) is 0 Å². The maximum atomic E-state index is 12.8. The van der Waals surface area contributed by atoms with Crippen LogP contribution in [0.3, 0.4) is 0 Å². The zero-order valence-corrected chi connectivity index (χ0v) is 14.2. The summed E-state index contributed by atoms with van der Waals surface area (Å²) in [4.78, 5) is 6.68. The molecular formula is C19H21BF2N2O. The van der Waals surface area contributed by atoms with E-state index in [4.69, 9.17) is 4.65 Å². The number of nitrogens with zero attached hydrogens (tertiary/aromatic N) is 2. The molecule has 3 nitrogen and oxygen atoms in total. The topological polar surface area (TPSA) is 24.8 Å². The Balaban J connectivity index is 1.82. The van der Waals surface area contributed by atoms with Crippen LogP contribution in [0.2, 0.25) is 0 Å². The third-order valence-electron chi connectivity index (χ3n) is 4.40. The molecule has 2 aromatic rings. The summed E-state index contributed by atoms with van der Waals surface area (Å²) in [6.07, 6.45) is 3.87. The third-order valence-corrected chi connectivity index (χ3v) is 4.40. The molecule has 1 aliphatic heterocycles. The van der Waals surface area contributed by atoms with E-state index in [0.717, 1.165) is 37.2 Å². The minimum Gasteiger partial charge on any atom is -0.505 e. The van der Waals surface area contributed by atoms with E-state index in [1.54, 1.807) is 18.3 Å². The minimum absolute atomic E-state index is 0.0566. The van der Waals surface area contributed by atoms with Crippen molar-refractivity contribution in [2.45, 2.75) is 25.8 Å². The zero-order chi connectivity index (χ0) is 17.6. The van der Waals surface area contributed by atoms with Gasteiger partial charge in [0.25, 0.3) is 0 Å². The first kappa shape index (κ1) is 17.5. The van der Waals surface area contributed by atoms with Crippen molar-refractivity contribution >= 4 is 19.4 Å². The predicted molar refractivity (Wildman–Crippen MR) is 98.9 cm³/mol. The van der Waals surface area contributed by atoms with Gasteiger partial charge in [0.05, 0.1) is 6.04 Å². The van der Waals surface area contributed by atoms with Crippen LogP contribution in [-0.2, 0) is 0 Å². The van der Waals surface area contributed by atoms with Gasteiger partial charge in [0.2, 0.25) is 0 Å². The second-order valence-corrected chi connectivity index (χ2v) is 6.16. The normalized spacial score (nSPS) is 15.6. The van der Waals surface area contributed by atoms with Crippen LogP contribution >= 0.6 is 0 Å². The molecule has 1 aliphatic rings. The molecule has 130 valence electrons. The van der Waals surface area contributed by atoms with Gasteiger partial charge >= 0.3 is 7.47 Å². The van der Waals surface area contributed by atoms with E-state index in [0.29, 0.717) is 5.56 Å². The lowest BCUT2D eigenvalue weighted by Crippen LogP contribution is -2.18. The van der Waals surface area contributed by atoms with Crippen molar-refractivity contribution in [3.05, 3.63) is 59.7 Å². The third kappa shape index (κ3) is 4.59. The van der Waals surface area contributed by atoms with E-state index in [9.17, 15) is 8.63 Å². The van der Waals surface area contributed by atoms with Crippen LogP contribution in [0, 0.1) is 0 Å². The average Bonchev–Trinajstić information content (AvgIpc) is 3.15. The second-order valence-electron chi connectivity index (χ2n) is 6.16. The van der Waals surface area contributed by atoms with Crippen LogP contribution < -0.4 is 9.55 Å². The fourth-order valence-electron chi connectivity index (χ4n) is 3.01. The highest BCUT2D eigenvalue weighted by atomic mass is 19.2. The van der Waals surface area contributed by atoms with Crippen LogP contribution in [0.25, 0.3) is 0 Å². The van der Waals surface area contributed by atoms with Crippen LogP contribution in [0.15, 0.2) is 53.5 Å². The molecule has 1 atom stereocenters. The van der Waals surface area contributed by atoms with E-state index in [1.165, 1.54) is 0 Å². The van der Waals surface area contributed by atoms with Crippen LogP contribution in [0.5, 0.6) is 5.75 Å². The van der Waals surface area contributed by atoms with Crippen molar-refractivity contribution in [1.29, 1.82) is 0 Å². The Labute approximate surface area is 147 Å². The summed E-state index contributed by atoms with van der Waals surface area (Å²) in [5.41, 5.74) is 2.55. The molecule has 1 unspecified atom stereocenters. The summed E-state index contributed by atoms with van der Waals surface area (Å²) in [7, 11) is -2.85. The molecule has 1 heterocycles. The van der Waals surface area contributed by atoms with Gasteiger partial charge in [-0.15, -0.1) is 0 Å². The van der Waals surface area contributed by atoms with Gasteiger partial charge < -0.3 is 9.55 Å². The molecule has 2 aromatic carbocycles. The van der Waals surface area contributed by atoms with Crippen LogP contribution in [0.1, 0.15) is 36.9 Å². The summed E-state index contributed by atoms with van der Waals surface area (Å²) >= 11 is 0. The standard InChI is InChI=1S/C19H21BF2N2O/c1-15(16-7-3-2-4-8-16)23-14-17-9-10-18(24-11-5-6-12-24)13-19(17)25-20(21)22/h2-4,7-10,13-15H,5-6,11-12H2,1H3. The van der Waals surface area contributed by atoms with Gasteiger partial charge in [-0.25, -0.2) is 8.63 Å². The summed E-state index contributed by atoms with van der Waals surface area (Å²) in [5, 5.41) is 0. The highest BCUT2D eigenvalue weighted by molar-refractivity contribution is 6.35. The fourth-order valence-corrected chi connectivity index (χ4v) is 3.01. The lowest BCUT2D eigenvalue weighted by atomic mass is 10.1. The fraction of sp³-hybridized carbons (Fsp3) is 0.316. The molecule has 1 saturated heterocycles. The smallest absolute Gasteiger partial charge is 0.505 e. The number of aliphatic imine (C=N–C) groups is 1. The Morgan fingerprint density at radius 1 is 1.12 bits per heavy atom. The van der Waals surface area contributed by atoms with Crippen LogP contribution in [-0.4, -0.2) is 26.8 Å². The molecular weight excluding hydrogens is 321 g/mol. The van der Waals surface area contributed by atoms with Crippen molar-refractivity contribution in [3.8, 4) is 5.75 Å². The molecule has 6 heteroatoms. The predicted octanol–water partition coefficient (Wildman–Crippen LogP) is 4.77. The monoisotopic (exact) mass is 342 g/mol. The summed E-state index contributed by atoms with van der Waals surface area (Å²) in [6.45, 7) is 3.87. The molecule has 1 fully saturated rings. The zero-order valence-electron chi connectivity index (χ0n) is 14.2. The lowest BCUT2D eigenvalue weighted by molar-refractivity contribution is 0.425. The SMILES string of the molecule is CC(N=Cc1ccc(N2CCCC2)cc1OB(F)F)c1ccccc1. The van der Waals surface area contributed by atoms with E-state index in [-0.39, 0.29) is 11.8 Å². The van der Waals surface area contributed by atoms with E-state index in [1.807, 2.05) is 43.3 Å². The van der Waals surface area contributed by atoms with E-state index >= 15 is 0 Å². The number of anilines is 1. The molecule has 0 aromatic heterocycles. The van der Waals surface area contributed by atoms with Gasteiger partial charge in [-0.2, -0.15) is 0 Å². The van der Waals surface area contributed by atoms with Gasteiger partial charge in [-0.1, -0.05) is 30.3 Å². The molecule has 0 amide bonds. The Kier molecular flexibility index (Phi) is 5.69. The summed E-state index contributed by atoms with van der Waals surface area (Å²) in [6, 6.07) is 15.2. The molecule has 0 saturated carbocycles. The Morgan fingerprint density at radius 3 is 2.52 bits per heavy atom. The number of hydrogen-bond donors (Lipinski definition) is 0. The number of benzene rings is 2. The average molecular weight is 342 g/mol.